The summed E-state index contributed by atoms with van der Waals surface area (Å²) in [5, 5.41) is 16.9. The molecule has 1 unspecified atom stereocenters. The summed E-state index contributed by atoms with van der Waals surface area (Å²) in [5.41, 5.74) is 2.83. The minimum atomic E-state index is -1.06. The fraction of sp³-hybridized carbons (Fsp3) is 0.281. The van der Waals surface area contributed by atoms with Crippen LogP contribution in [0, 0.1) is 17.5 Å². The molecule has 0 fully saturated rings. The molecular formula is C32H30F3N3O4. The third-order valence-electron chi connectivity index (χ3n) is 7.55. The number of hydrogen-bond acceptors (Lipinski definition) is 5. The van der Waals surface area contributed by atoms with Gasteiger partial charge in [0.15, 0.2) is 11.5 Å². The summed E-state index contributed by atoms with van der Waals surface area (Å²) in [6.07, 6.45) is 3.38. The molecule has 5 rings (SSSR count). The van der Waals surface area contributed by atoms with Crippen LogP contribution in [0.3, 0.4) is 0 Å². The van der Waals surface area contributed by atoms with E-state index in [9.17, 15) is 23.5 Å². The van der Waals surface area contributed by atoms with Crippen molar-refractivity contribution in [2.45, 2.75) is 50.5 Å². The third kappa shape index (κ3) is 6.32. The van der Waals surface area contributed by atoms with E-state index in [1.165, 1.54) is 42.1 Å². The van der Waals surface area contributed by atoms with E-state index < -0.39 is 29.6 Å². The average Bonchev–Trinajstić information content (AvgIpc) is 3.22. The molecule has 42 heavy (non-hydrogen) atoms. The number of carbonyl (C=O) groups is 2. The molecule has 0 aliphatic heterocycles. The van der Waals surface area contributed by atoms with E-state index in [0.29, 0.717) is 36.1 Å². The first-order valence-corrected chi connectivity index (χ1v) is 13.7. The maximum atomic E-state index is 15.1. The molecule has 1 amide bonds. The summed E-state index contributed by atoms with van der Waals surface area (Å²) in [7, 11) is 1.22. The molecule has 10 heteroatoms. The lowest BCUT2D eigenvalue weighted by atomic mass is 9.90. The van der Waals surface area contributed by atoms with Gasteiger partial charge in [-0.15, -0.1) is 0 Å². The number of phenolic OH excluding ortho intramolecular Hbond substituents is 1. The Morgan fingerprint density at radius 3 is 2.38 bits per heavy atom. The van der Waals surface area contributed by atoms with E-state index in [0.717, 1.165) is 30.5 Å². The van der Waals surface area contributed by atoms with Crippen LogP contribution in [-0.2, 0) is 28.8 Å². The van der Waals surface area contributed by atoms with Gasteiger partial charge in [-0.05, 0) is 73.2 Å². The predicted molar refractivity (Wildman–Crippen MR) is 149 cm³/mol. The van der Waals surface area contributed by atoms with E-state index in [4.69, 9.17) is 4.74 Å². The quantitative estimate of drug-likeness (QED) is 0.211. The minimum Gasteiger partial charge on any atom is -0.508 e. The van der Waals surface area contributed by atoms with Crippen LogP contribution < -0.4 is 5.32 Å². The van der Waals surface area contributed by atoms with Gasteiger partial charge in [-0.25, -0.2) is 22.6 Å². The maximum Gasteiger partial charge on any atom is 0.328 e. The molecule has 7 nitrogen and oxygen atoms in total. The number of halogens is 3. The van der Waals surface area contributed by atoms with Crippen LogP contribution in [0.1, 0.15) is 58.1 Å². The normalized spacial score (nSPS) is 15.4. The van der Waals surface area contributed by atoms with Crippen LogP contribution in [0.5, 0.6) is 5.75 Å². The van der Waals surface area contributed by atoms with Crippen molar-refractivity contribution in [3.05, 3.63) is 112 Å². The van der Waals surface area contributed by atoms with Crippen molar-refractivity contribution in [2.24, 2.45) is 0 Å². The van der Waals surface area contributed by atoms with Crippen LogP contribution in [0.15, 0.2) is 66.7 Å². The Hall–Kier alpha value is -4.60. The summed E-state index contributed by atoms with van der Waals surface area (Å²) in [6.45, 7) is 0. The van der Waals surface area contributed by atoms with E-state index in [2.05, 4.69) is 10.4 Å². The number of methoxy groups -OCH3 is 1. The molecule has 1 aliphatic carbocycles. The zero-order valence-electron chi connectivity index (χ0n) is 22.9. The predicted octanol–water partition coefficient (Wildman–Crippen LogP) is 5.56. The number of benzene rings is 3. The van der Waals surface area contributed by atoms with Crippen molar-refractivity contribution >= 4 is 11.9 Å². The molecule has 4 aromatic rings. The van der Waals surface area contributed by atoms with Gasteiger partial charge in [0.1, 0.15) is 29.1 Å². The number of fused-ring (bicyclic) bond motifs is 1. The number of nitrogens with zero attached hydrogens (tertiary/aromatic N) is 2. The first kappa shape index (κ1) is 28.9. The van der Waals surface area contributed by atoms with Crippen molar-refractivity contribution in [3.63, 3.8) is 0 Å². The van der Waals surface area contributed by atoms with Crippen molar-refractivity contribution in [1.29, 1.82) is 0 Å². The largest absolute Gasteiger partial charge is 0.508 e. The number of ether oxygens (including phenoxy) is 1. The van der Waals surface area contributed by atoms with Crippen LogP contribution in [-0.4, -0.2) is 39.9 Å². The van der Waals surface area contributed by atoms with Crippen LogP contribution in [0.25, 0.3) is 5.69 Å². The Labute approximate surface area is 240 Å². The highest BCUT2D eigenvalue weighted by Gasteiger charge is 2.33. The smallest absolute Gasteiger partial charge is 0.328 e. The standard InChI is InChI=1S/C32H30F3N3O4/c1-42-32(41)27(17-20-8-13-24(39)14-9-20)36-31(40)29-25-5-3-2-4-21(16-19-6-10-22(33)11-7-19)30(25)38(37-29)28-15-12-23(34)18-26(28)35/h6-15,18,21,27,39H,2-5,16-17H2,1H3,(H,36,40)/t21?,27-/m1/s1. The number of esters is 1. The van der Waals surface area contributed by atoms with Gasteiger partial charge in [0.2, 0.25) is 0 Å². The van der Waals surface area contributed by atoms with Gasteiger partial charge in [0, 0.05) is 24.0 Å². The maximum absolute atomic E-state index is 15.1. The van der Waals surface area contributed by atoms with E-state index in [-0.39, 0.29) is 35.3 Å². The van der Waals surface area contributed by atoms with Gasteiger partial charge in [-0.2, -0.15) is 5.10 Å². The first-order chi connectivity index (χ1) is 20.2. The minimum absolute atomic E-state index is 0.00804. The number of phenols is 1. The molecule has 1 aromatic heterocycles. The number of hydrogen-bond donors (Lipinski definition) is 2. The molecule has 1 heterocycles. The molecule has 0 saturated carbocycles. The highest BCUT2D eigenvalue weighted by molar-refractivity contribution is 5.97. The van der Waals surface area contributed by atoms with Gasteiger partial charge in [0.25, 0.3) is 5.91 Å². The third-order valence-corrected chi connectivity index (χ3v) is 7.55. The molecule has 218 valence electrons. The highest BCUT2D eigenvalue weighted by atomic mass is 19.1. The SMILES string of the molecule is COC(=O)[C@@H](Cc1ccc(O)cc1)NC(=O)c1nn(-c2ccc(F)cc2F)c2c1CCCCC2Cc1ccc(F)cc1. The van der Waals surface area contributed by atoms with Crippen molar-refractivity contribution < 1.29 is 32.6 Å². The monoisotopic (exact) mass is 577 g/mol. The molecule has 0 spiro atoms. The Morgan fingerprint density at radius 1 is 1.00 bits per heavy atom. The Balaban J connectivity index is 1.56. The second kappa shape index (κ2) is 12.5. The Morgan fingerprint density at radius 2 is 1.69 bits per heavy atom. The van der Waals surface area contributed by atoms with Gasteiger partial charge in [-0.1, -0.05) is 30.7 Å². The lowest BCUT2D eigenvalue weighted by Gasteiger charge is -2.19. The summed E-state index contributed by atoms with van der Waals surface area (Å²) in [6, 6.07) is 14.5. The second-order valence-electron chi connectivity index (χ2n) is 10.4. The number of aromatic hydroxyl groups is 1. The summed E-state index contributed by atoms with van der Waals surface area (Å²) < 4.78 is 48.8. The number of aromatic nitrogens is 2. The number of rotatable bonds is 8. The summed E-state index contributed by atoms with van der Waals surface area (Å²) >= 11 is 0. The second-order valence-corrected chi connectivity index (χ2v) is 10.4. The van der Waals surface area contributed by atoms with E-state index in [1.54, 1.807) is 24.3 Å². The number of nitrogens with one attached hydrogen (secondary N) is 1. The van der Waals surface area contributed by atoms with Gasteiger partial charge >= 0.3 is 5.97 Å². The molecule has 0 bridgehead atoms. The Kier molecular flexibility index (Phi) is 8.61. The van der Waals surface area contributed by atoms with Crippen LogP contribution in [0.4, 0.5) is 13.2 Å². The zero-order chi connectivity index (χ0) is 29.8. The molecule has 2 N–H and O–H groups in total. The fourth-order valence-corrected chi connectivity index (χ4v) is 5.51. The lowest BCUT2D eigenvalue weighted by Crippen LogP contribution is -2.43. The van der Waals surface area contributed by atoms with Crippen molar-refractivity contribution in [2.75, 3.05) is 7.11 Å². The molecular weight excluding hydrogens is 547 g/mol. The van der Waals surface area contributed by atoms with Crippen molar-refractivity contribution in [1.82, 2.24) is 15.1 Å². The number of carbonyl (C=O) groups excluding carboxylic acids is 2. The summed E-state index contributed by atoms with van der Waals surface area (Å²) in [4.78, 5) is 26.4. The molecule has 3 aromatic carbocycles. The number of amides is 1. The Bertz CT molecular complexity index is 1590. The van der Waals surface area contributed by atoms with Gasteiger partial charge < -0.3 is 15.2 Å². The highest BCUT2D eigenvalue weighted by Crippen LogP contribution is 2.37. The zero-order valence-corrected chi connectivity index (χ0v) is 22.9. The molecule has 0 radical (unpaired) electrons. The summed E-state index contributed by atoms with van der Waals surface area (Å²) in [5.74, 6) is -3.37. The van der Waals surface area contributed by atoms with Gasteiger partial charge in [-0.3, -0.25) is 4.79 Å². The van der Waals surface area contributed by atoms with E-state index >= 15 is 4.39 Å². The topological polar surface area (TPSA) is 93.4 Å². The first-order valence-electron chi connectivity index (χ1n) is 13.7. The van der Waals surface area contributed by atoms with Crippen LogP contribution >= 0.6 is 0 Å². The average molecular weight is 578 g/mol. The molecule has 2 atom stereocenters. The van der Waals surface area contributed by atoms with E-state index in [1.807, 2.05) is 0 Å². The van der Waals surface area contributed by atoms with Crippen molar-refractivity contribution in [3.8, 4) is 11.4 Å². The molecule has 0 saturated heterocycles. The van der Waals surface area contributed by atoms with Gasteiger partial charge in [0.05, 0.1) is 12.8 Å². The fourth-order valence-electron chi connectivity index (χ4n) is 5.51. The van der Waals surface area contributed by atoms with Crippen LogP contribution in [0.2, 0.25) is 0 Å². The lowest BCUT2D eigenvalue weighted by molar-refractivity contribution is -0.142. The molecule has 1 aliphatic rings.